The van der Waals surface area contributed by atoms with E-state index in [1.807, 2.05) is 12.1 Å². The summed E-state index contributed by atoms with van der Waals surface area (Å²) in [5.41, 5.74) is 3.09. The fourth-order valence-electron chi connectivity index (χ4n) is 3.64. The third kappa shape index (κ3) is 5.68. The van der Waals surface area contributed by atoms with Gasteiger partial charge in [-0.1, -0.05) is 32.3 Å². The highest BCUT2D eigenvalue weighted by atomic mass is 16.5. The highest BCUT2D eigenvalue weighted by Crippen LogP contribution is 2.34. The Balaban J connectivity index is 2.04. The zero-order valence-electron chi connectivity index (χ0n) is 17.0. The SMILES string of the molecule is CCCCCC1C(C(=O)O)=C(C)NC(C)=C1C(=O)OCCCc1cccnc1. The van der Waals surface area contributed by atoms with Gasteiger partial charge in [-0.2, -0.15) is 0 Å². The molecule has 0 bridgehead atoms. The third-order valence-electron chi connectivity index (χ3n) is 4.99. The van der Waals surface area contributed by atoms with E-state index >= 15 is 0 Å². The summed E-state index contributed by atoms with van der Waals surface area (Å²) in [6.07, 6.45) is 8.53. The zero-order chi connectivity index (χ0) is 20.5. The zero-order valence-corrected chi connectivity index (χ0v) is 17.0. The number of carboxylic acids is 1. The first-order valence-electron chi connectivity index (χ1n) is 9.93. The Morgan fingerprint density at radius 3 is 2.57 bits per heavy atom. The van der Waals surface area contributed by atoms with Crippen LogP contribution in [0.2, 0.25) is 0 Å². The van der Waals surface area contributed by atoms with E-state index in [0.29, 0.717) is 29.8 Å². The van der Waals surface area contributed by atoms with Gasteiger partial charge in [0, 0.05) is 29.7 Å². The first-order valence-corrected chi connectivity index (χ1v) is 9.93. The smallest absolute Gasteiger partial charge is 0.336 e. The number of nitrogens with one attached hydrogen (secondary N) is 1. The molecule has 6 heteroatoms. The largest absolute Gasteiger partial charge is 0.478 e. The number of hydrogen-bond donors (Lipinski definition) is 2. The van der Waals surface area contributed by atoms with Crippen LogP contribution < -0.4 is 5.32 Å². The molecule has 0 radical (unpaired) electrons. The van der Waals surface area contributed by atoms with Gasteiger partial charge in [0.25, 0.3) is 0 Å². The van der Waals surface area contributed by atoms with Crippen molar-refractivity contribution in [2.24, 2.45) is 5.92 Å². The number of hydrogen-bond acceptors (Lipinski definition) is 5. The summed E-state index contributed by atoms with van der Waals surface area (Å²) in [4.78, 5) is 28.7. The lowest BCUT2D eigenvalue weighted by atomic mass is 9.82. The van der Waals surface area contributed by atoms with Crippen LogP contribution in [0.3, 0.4) is 0 Å². The van der Waals surface area contributed by atoms with Gasteiger partial charge >= 0.3 is 11.9 Å². The molecule has 152 valence electrons. The Morgan fingerprint density at radius 1 is 1.18 bits per heavy atom. The van der Waals surface area contributed by atoms with Crippen molar-refractivity contribution in [3.63, 3.8) is 0 Å². The number of rotatable bonds is 10. The summed E-state index contributed by atoms with van der Waals surface area (Å²) < 4.78 is 5.50. The number of carbonyl (C=O) groups excluding carboxylic acids is 1. The summed E-state index contributed by atoms with van der Waals surface area (Å²) in [6, 6.07) is 3.87. The van der Waals surface area contributed by atoms with E-state index in [1.54, 1.807) is 26.2 Å². The van der Waals surface area contributed by atoms with E-state index in [-0.39, 0.29) is 12.2 Å². The van der Waals surface area contributed by atoms with E-state index < -0.39 is 17.9 Å². The molecule has 2 N–H and O–H groups in total. The summed E-state index contributed by atoms with van der Waals surface area (Å²) in [7, 11) is 0. The first kappa shape index (κ1) is 21.7. The van der Waals surface area contributed by atoms with Crippen LogP contribution in [0.4, 0.5) is 0 Å². The van der Waals surface area contributed by atoms with E-state index in [0.717, 1.165) is 31.2 Å². The van der Waals surface area contributed by atoms with Gasteiger partial charge in [0.1, 0.15) is 0 Å². The maximum absolute atomic E-state index is 12.8. The number of aliphatic carboxylic acids is 1. The molecule has 0 aromatic carbocycles. The minimum Gasteiger partial charge on any atom is -0.478 e. The Bertz CT molecular complexity index is 753. The molecule has 2 rings (SSSR count). The van der Waals surface area contributed by atoms with E-state index in [9.17, 15) is 14.7 Å². The van der Waals surface area contributed by atoms with Crippen LogP contribution in [0.25, 0.3) is 0 Å². The second-order valence-corrected chi connectivity index (χ2v) is 7.16. The number of carboxylic acid groups (broad SMARTS) is 1. The number of allylic oxidation sites excluding steroid dienone is 2. The molecule has 6 nitrogen and oxygen atoms in total. The van der Waals surface area contributed by atoms with Crippen LogP contribution in [0.1, 0.15) is 58.4 Å². The van der Waals surface area contributed by atoms with Gasteiger partial charge < -0.3 is 15.2 Å². The minimum atomic E-state index is -0.985. The number of aryl methyl sites for hydroxylation is 1. The Kier molecular flexibility index (Phi) is 8.23. The number of pyridine rings is 1. The molecule has 1 aliphatic heterocycles. The quantitative estimate of drug-likeness (QED) is 0.467. The minimum absolute atomic E-state index is 0.268. The van der Waals surface area contributed by atoms with Crippen molar-refractivity contribution in [3.8, 4) is 0 Å². The number of carbonyl (C=O) groups is 2. The second-order valence-electron chi connectivity index (χ2n) is 7.16. The molecule has 0 saturated heterocycles. The van der Waals surface area contributed by atoms with Crippen molar-refractivity contribution in [2.75, 3.05) is 6.61 Å². The highest BCUT2D eigenvalue weighted by molar-refractivity contribution is 5.97. The average molecular weight is 386 g/mol. The number of nitrogens with zero attached hydrogens (tertiary/aromatic N) is 1. The maximum Gasteiger partial charge on any atom is 0.336 e. The molecular weight excluding hydrogens is 356 g/mol. The monoisotopic (exact) mass is 386 g/mol. The summed E-state index contributed by atoms with van der Waals surface area (Å²) in [5, 5.41) is 12.7. The number of dihydropyridines is 1. The van der Waals surface area contributed by atoms with Crippen LogP contribution in [0.5, 0.6) is 0 Å². The molecule has 1 aromatic heterocycles. The molecule has 1 atom stereocenters. The predicted molar refractivity (Wildman–Crippen MR) is 107 cm³/mol. The molecular formula is C22H30N2O4. The molecule has 0 fully saturated rings. The van der Waals surface area contributed by atoms with Gasteiger partial charge in [0.2, 0.25) is 0 Å². The normalized spacial score (nSPS) is 16.8. The lowest BCUT2D eigenvalue weighted by molar-refractivity contribution is -0.139. The molecule has 0 aliphatic carbocycles. The molecule has 1 aliphatic rings. The van der Waals surface area contributed by atoms with Crippen molar-refractivity contribution >= 4 is 11.9 Å². The van der Waals surface area contributed by atoms with Crippen LogP contribution >= 0.6 is 0 Å². The van der Waals surface area contributed by atoms with E-state index in [2.05, 4.69) is 17.2 Å². The van der Waals surface area contributed by atoms with E-state index in [1.165, 1.54) is 0 Å². The third-order valence-corrected chi connectivity index (χ3v) is 4.99. The number of aromatic nitrogens is 1. The molecule has 0 amide bonds. The summed E-state index contributed by atoms with van der Waals surface area (Å²) in [6.45, 7) is 5.94. The molecule has 0 spiro atoms. The van der Waals surface area contributed by atoms with Gasteiger partial charge in [0.05, 0.1) is 17.8 Å². The van der Waals surface area contributed by atoms with Crippen molar-refractivity contribution in [3.05, 3.63) is 52.6 Å². The number of unbranched alkanes of at least 4 members (excludes halogenated alkanes) is 2. The summed E-state index contributed by atoms with van der Waals surface area (Å²) >= 11 is 0. The van der Waals surface area contributed by atoms with Crippen LogP contribution in [-0.4, -0.2) is 28.6 Å². The fourth-order valence-corrected chi connectivity index (χ4v) is 3.64. The van der Waals surface area contributed by atoms with E-state index in [4.69, 9.17) is 4.74 Å². The van der Waals surface area contributed by atoms with Gasteiger partial charge in [-0.25, -0.2) is 9.59 Å². The molecule has 0 saturated carbocycles. The van der Waals surface area contributed by atoms with Gasteiger partial charge in [-0.3, -0.25) is 4.98 Å². The Labute approximate surface area is 166 Å². The lowest BCUT2D eigenvalue weighted by Crippen LogP contribution is -2.33. The Hall–Kier alpha value is -2.63. The first-order chi connectivity index (χ1) is 13.5. The fraction of sp³-hybridized carbons (Fsp3) is 0.500. The van der Waals surface area contributed by atoms with Gasteiger partial charge in [-0.05, 0) is 44.7 Å². The lowest BCUT2D eigenvalue weighted by Gasteiger charge is -2.29. The highest BCUT2D eigenvalue weighted by Gasteiger charge is 2.35. The van der Waals surface area contributed by atoms with Gasteiger partial charge in [-0.15, -0.1) is 0 Å². The van der Waals surface area contributed by atoms with Crippen molar-refractivity contribution in [1.29, 1.82) is 0 Å². The van der Waals surface area contributed by atoms with Crippen molar-refractivity contribution in [1.82, 2.24) is 10.3 Å². The predicted octanol–water partition coefficient (Wildman–Crippen LogP) is 3.99. The van der Waals surface area contributed by atoms with Gasteiger partial charge in [0.15, 0.2) is 0 Å². The number of ether oxygens (including phenoxy) is 1. The standard InChI is InChI=1S/C22H30N2O4/c1-4-5-6-11-18-19(21(25)26)15(2)24-16(3)20(18)22(27)28-13-8-10-17-9-7-12-23-14-17/h7,9,12,14,18,24H,4-6,8,10-11,13H2,1-3H3,(H,25,26). The topological polar surface area (TPSA) is 88.5 Å². The van der Waals surface area contributed by atoms with Crippen molar-refractivity contribution in [2.45, 2.75) is 59.3 Å². The second kappa shape index (κ2) is 10.6. The van der Waals surface area contributed by atoms with Crippen LogP contribution in [0.15, 0.2) is 47.1 Å². The summed E-state index contributed by atoms with van der Waals surface area (Å²) in [5.74, 6) is -1.85. The molecule has 2 heterocycles. The maximum atomic E-state index is 12.8. The molecule has 1 unspecified atom stereocenters. The van der Waals surface area contributed by atoms with Crippen LogP contribution in [-0.2, 0) is 20.7 Å². The average Bonchev–Trinajstić information content (AvgIpc) is 2.65. The molecule has 1 aromatic rings. The van der Waals surface area contributed by atoms with Crippen molar-refractivity contribution < 1.29 is 19.4 Å². The molecule has 28 heavy (non-hydrogen) atoms. The Morgan fingerprint density at radius 2 is 1.93 bits per heavy atom. The number of esters is 1. The van der Waals surface area contributed by atoms with Crippen LogP contribution in [0, 0.1) is 5.92 Å².